The van der Waals surface area contributed by atoms with E-state index in [0.717, 1.165) is 0 Å². The number of Topliss-reactive ketones (excluding diaryl/α,β-unsaturated/α-hetero) is 1. The van der Waals surface area contributed by atoms with Gasteiger partial charge in [-0.15, -0.1) is 0 Å². The maximum absolute atomic E-state index is 11.6. The number of allylic oxidation sites excluding steroid dienone is 3. The molecule has 6 heteroatoms. The van der Waals surface area contributed by atoms with Crippen molar-refractivity contribution in [2.24, 2.45) is 5.11 Å². The number of ether oxygens (including phenoxy) is 1. The van der Waals surface area contributed by atoms with Gasteiger partial charge in [0.15, 0.2) is 11.5 Å². The van der Waals surface area contributed by atoms with Crippen LogP contribution in [0.1, 0.15) is 12.8 Å². The first-order chi connectivity index (χ1) is 7.69. The molecule has 1 rings (SSSR count). The van der Waals surface area contributed by atoms with Gasteiger partial charge in [-0.1, -0.05) is 5.11 Å². The SMILES string of the molecule is COC1=CC(=O)C=C(CCCN=[N+]=[N-])C1=O. The molecule has 0 saturated carbocycles. The lowest BCUT2D eigenvalue weighted by Gasteiger charge is -2.11. The third kappa shape index (κ3) is 2.96. The summed E-state index contributed by atoms with van der Waals surface area (Å²) in [5.74, 6) is -0.468. The van der Waals surface area contributed by atoms with Crippen LogP contribution in [0.2, 0.25) is 0 Å². The molecule has 0 aromatic rings. The molecule has 0 atom stereocenters. The molecule has 0 unspecified atom stereocenters. The smallest absolute Gasteiger partial charge is 0.223 e. The van der Waals surface area contributed by atoms with Crippen LogP contribution in [-0.2, 0) is 14.3 Å². The number of carbonyl (C=O) groups excluding carboxylic acids is 2. The van der Waals surface area contributed by atoms with Crippen LogP contribution in [0.5, 0.6) is 0 Å². The first-order valence-electron chi connectivity index (χ1n) is 4.75. The lowest BCUT2D eigenvalue weighted by atomic mass is 9.98. The Morgan fingerprint density at radius 1 is 1.44 bits per heavy atom. The van der Waals surface area contributed by atoms with Gasteiger partial charge in [-0.3, -0.25) is 9.59 Å². The molecule has 1 aliphatic rings. The number of carbonyl (C=O) groups is 2. The summed E-state index contributed by atoms with van der Waals surface area (Å²) in [7, 11) is 1.35. The van der Waals surface area contributed by atoms with Gasteiger partial charge in [-0.25, -0.2) is 0 Å². The van der Waals surface area contributed by atoms with Crippen molar-refractivity contribution in [1.82, 2.24) is 0 Å². The summed E-state index contributed by atoms with van der Waals surface area (Å²) < 4.78 is 4.80. The fourth-order valence-electron chi connectivity index (χ4n) is 1.35. The first-order valence-corrected chi connectivity index (χ1v) is 4.75. The quantitative estimate of drug-likeness (QED) is 0.232. The molecule has 16 heavy (non-hydrogen) atoms. The minimum Gasteiger partial charge on any atom is -0.493 e. The highest BCUT2D eigenvalue weighted by molar-refractivity contribution is 6.19. The maximum Gasteiger partial charge on any atom is 0.223 e. The standard InChI is InChI=1S/C10H11N3O3/c1-16-9-6-8(14)5-7(10(9)15)3-2-4-12-13-11/h5-6H,2-4H2,1H3. The van der Waals surface area contributed by atoms with Crippen LogP contribution in [0.25, 0.3) is 10.4 Å². The fourth-order valence-corrected chi connectivity index (χ4v) is 1.35. The molecule has 0 amide bonds. The Balaban J connectivity index is 2.63. The molecule has 0 N–H and O–H groups in total. The van der Waals surface area contributed by atoms with Crippen LogP contribution in [0, 0.1) is 0 Å². The van der Waals surface area contributed by atoms with Gasteiger partial charge in [-0.2, -0.15) is 0 Å². The van der Waals surface area contributed by atoms with Crippen molar-refractivity contribution in [3.63, 3.8) is 0 Å². The second kappa shape index (κ2) is 5.72. The summed E-state index contributed by atoms with van der Waals surface area (Å²) in [6.07, 6.45) is 3.40. The second-order valence-electron chi connectivity index (χ2n) is 3.17. The minimum atomic E-state index is -0.275. The molecule has 0 aromatic carbocycles. The lowest BCUT2D eigenvalue weighted by molar-refractivity contribution is -0.117. The summed E-state index contributed by atoms with van der Waals surface area (Å²) in [4.78, 5) is 25.5. The van der Waals surface area contributed by atoms with Crippen molar-refractivity contribution in [2.75, 3.05) is 13.7 Å². The van der Waals surface area contributed by atoms with Crippen molar-refractivity contribution in [1.29, 1.82) is 0 Å². The summed E-state index contributed by atoms with van der Waals surface area (Å²) in [5.41, 5.74) is 8.47. The number of hydrogen-bond donors (Lipinski definition) is 0. The number of hydrogen-bond acceptors (Lipinski definition) is 4. The van der Waals surface area contributed by atoms with E-state index >= 15 is 0 Å². The molecule has 0 saturated heterocycles. The summed E-state index contributed by atoms with van der Waals surface area (Å²) in [6.45, 7) is 0.307. The predicted octanol–water partition coefficient (Wildman–Crippen LogP) is 1.69. The predicted molar refractivity (Wildman–Crippen MR) is 56.4 cm³/mol. The topological polar surface area (TPSA) is 92.1 Å². The normalized spacial score (nSPS) is 15.1. The molecule has 0 radical (unpaired) electrons. The maximum atomic E-state index is 11.6. The van der Waals surface area contributed by atoms with E-state index in [2.05, 4.69) is 10.0 Å². The Bertz CT molecular complexity index is 417. The van der Waals surface area contributed by atoms with Gasteiger partial charge in [0.05, 0.1) is 7.11 Å². The van der Waals surface area contributed by atoms with Gasteiger partial charge in [0.1, 0.15) is 0 Å². The van der Waals surface area contributed by atoms with Crippen LogP contribution >= 0.6 is 0 Å². The zero-order chi connectivity index (χ0) is 12.0. The third-order valence-electron chi connectivity index (χ3n) is 2.09. The molecule has 0 heterocycles. The lowest BCUT2D eigenvalue weighted by Crippen LogP contribution is -2.15. The van der Waals surface area contributed by atoms with Gasteiger partial charge in [0, 0.05) is 23.1 Å². The Morgan fingerprint density at radius 3 is 2.81 bits per heavy atom. The number of ketones is 2. The van der Waals surface area contributed by atoms with Crippen LogP contribution in [0.15, 0.2) is 28.6 Å². The zero-order valence-electron chi connectivity index (χ0n) is 8.84. The van der Waals surface area contributed by atoms with Crippen molar-refractivity contribution in [3.8, 4) is 0 Å². The molecular formula is C10H11N3O3. The Morgan fingerprint density at radius 2 is 2.19 bits per heavy atom. The molecule has 0 aromatic heterocycles. The van der Waals surface area contributed by atoms with E-state index in [0.29, 0.717) is 25.0 Å². The van der Waals surface area contributed by atoms with E-state index in [-0.39, 0.29) is 17.3 Å². The van der Waals surface area contributed by atoms with E-state index in [4.69, 9.17) is 10.3 Å². The molecule has 0 bridgehead atoms. The Hall–Kier alpha value is -2.07. The van der Waals surface area contributed by atoms with Crippen molar-refractivity contribution >= 4 is 11.6 Å². The zero-order valence-corrected chi connectivity index (χ0v) is 8.84. The van der Waals surface area contributed by atoms with E-state index in [9.17, 15) is 9.59 Å². The van der Waals surface area contributed by atoms with Gasteiger partial charge in [-0.05, 0) is 24.4 Å². The van der Waals surface area contributed by atoms with Crippen LogP contribution < -0.4 is 0 Å². The highest BCUT2D eigenvalue weighted by Crippen LogP contribution is 2.17. The number of rotatable bonds is 5. The van der Waals surface area contributed by atoms with Gasteiger partial charge in [0.25, 0.3) is 0 Å². The van der Waals surface area contributed by atoms with E-state index in [1.54, 1.807) is 0 Å². The van der Waals surface area contributed by atoms with E-state index in [1.165, 1.54) is 19.3 Å². The summed E-state index contributed by atoms with van der Waals surface area (Å²) >= 11 is 0. The van der Waals surface area contributed by atoms with Crippen molar-refractivity contribution in [3.05, 3.63) is 33.9 Å². The molecular weight excluding hydrogens is 210 g/mol. The number of nitrogens with zero attached hydrogens (tertiary/aromatic N) is 3. The summed E-state index contributed by atoms with van der Waals surface area (Å²) in [5, 5.41) is 3.35. The molecule has 6 nitrogen and oxygen atoms in total. The van der Waals surface area contributed by atoms with Crippen LogP contribution in [-0.4, -0.2) is 25.2 Å². The minimum absolute atomic E-state index is 0.0614. The summed E-state index contributed by atoms with van der Waals surface area (Å²) in [6, 6.07) is 0. The van der Waals surface area contributed by atoms with Crippen LogP contribution in [0.3, 0.4) is 0 Å². The highest BCUT2D eigenvalue weighted by atomic mass is 16.5. The third-order valence-corrected chi connectivity index (χ3v) is 2.09. The first kappa shape index (κ1) is 12.0. The average Bonchev–Trinajstić information content (AvgIpc) is 2.28. The van der Waals surface area contributed by atoms with Gasteiger partial charge < -0.3 is 4.74 Å². The van der Waals surface area contributed by atoms with Crippen molar-refractivity contribution < 1.29 is 14.3 Å². The largest absolute Gasteiger partial charge is 0.493 e. The van der Waals surface area contributed by atoms with E-state index in [1.807, 2.05) is 0 Å². The average molecular weight is 221 g/mol. The Labute approximate surface area is 92.2 Å². The molecule has 0 aliphatic heterocycles. The number of azide groups is 1. The highest BCUT2D eigenvalue weighted by Gasteiger charge is 2.21. The van der Waals surface area contributed by atoms with Gasteiger partial charge in [0.2, 0.25) is 5.78 Å². The monoisotopic (exact) mass is 221 g/mol. The molecule has 84 valence electrons. The second-order valence-corrected chi connectivity index (χ2v) is 3.17. The van der Waals surface area contributed by atoms with Gasteiger partial charge >= 0.3 is 0 Å². The number of methoxy groups -OCH3 is 1. The molecule has 0 fully saturated rings. The van der Waals surface area contributed by atoms with Crippen LogP contribution in [0.4, 0.5) is 0 Å². The van der Waals surface area contributed by atoms with E-state index < -0.39 is 0 Å². The Kier molecular flexibility index (Phi) is 4.29. The molecule has 0 spiro atoms. The van der Waals surface area contributed by atoms with Crippen molar-refractivity contribution in [2.45, 2.75) is 12.8 Å². The molecule has 1 aliphatic carbocycles. The fraction of sp³-hybridized carbons (Fsp3) is 0.400.